The van der Waals surface area contributed by atoms with Gasteiger partial charge in [0.15, 0.2) is 0 Å². The van der Waals surface area contributed by atoms with Gasteiger partial charge in [0.1, 0.15) is 12.4 Å². The lowest BCUT2D eigenvalue weighted by Crippen LogP contribution is -2.33. The highest BCUT2D eigenvalue weighted by atomic mass is 32.2. The topological polar surface area (TPSA) is 29.5 Å². The Hall–Kier alpha value is -2.79. The minimum atomic E-state index is 0.165. The summed E-state index contributed by atoms with van der Waals surface area (Å²) in [6.07, 6.45) is 4.68. The molecule has 1 aliphatic heterocycles. The molecule has 0 spiro atoms. The largest absolute Gasteiger partial charge is 0.489 e. The van der Waals surface area contributed by atoms with Gasteiger partial charge in [-0.3, -0.25) is 4.79 Å². The summed E-state index contributed by atoms with van der Waals surface area (Å²) in [5.41, 5.74) is 5.06. The summed E-state index contributed by atoms with van der Waals surface area (Å²) in [7, 11) is 0. The van der Waals surface area contributed by atoms with Crippen LogP contribution in [0.5, 0.6) is 5.75 Å². The van der Waals surface area contributed by atoms with Crippen LogP contribution >= 0.6 is 12.1 Å². The first-order valence-corrected chi connectivity index (χ1v) is 11.5. The van der Waals surface area contributed by atoms with E-state index in [-0.39, 0.29) is 18.1 Å². The van der Waals surface area contributed by atoms with E-state index < -0.39 is 0 Å². The van der Waals surface area contributed by atoms with Crippen molar-refractivity contribution in [3.8, 4) is 16.9 Å². The smallest absolute Gasteiger partial charge is 0.254 e. The second-order valence-corrected chi connectivity index (χ2v) is 8.91. The van der Waals surface area contributed by atoms with E-state index in [1.807, 2.05) is 53.4 Å². The van der Waals surface area contributed by atoms with Gasteiger partial charge in [0.2, 0.25) is 0 Å². The van der Waals surface area contributed by atoms with Gasteiger partial charge in [0, 0.05) is 23.0 Å². The number of carbonyl (C=O) groups excluding carboxylic acids is 1. The van der Waals surface area contributed by atoms with E-state index in [1.165, 1.54) is 12.8 Å². The zero-order valence-electron chi connectivity index (χ0n) is 17.2. The molecule has 31 heavy (non-hydrogen) atoms. The van der Waals surface area contributed by atoms with Crippen LogP contribution in [0.25, 0.3) is 11.1 Å². The van der Waals surface area contributed by atoms with Gasteiger partial charge in [-0.25, -0.2) is 0 Å². The maximum absolute atomic E-state index is 12.7. The van der Waals surface area contributed by atoms with Crippen LogP contribution in [-0.2, 0) is 13.2 Å². The molecule has 0 unspecified atom stereocenters. The van der Waals surface area contributed by atoms with Crippen molar-refractivity contribution in [3.05, 3.63) is 83.4 Å². The molecule has 3 nitrogen and oxygen atoms in total. The second-order valence-electron chi connectivity index (χ2n) is 8.28. The zero-order valence-corrected chi connectivity index (χ0v) is 18.0. The van der Waals surface area contributed by atoms with E-state index in [0.717, 1.165) is 46.4 Å². The molecule has 0 atom stereocenters. The number of rotatable bonds is 6. The molecule has 1 fully saturated rings. The minimum Gasteiger partial charge on any atom is -0.489 e. The number of hydrogen-bond donors (Lipinski definition) is 0. The van der Waals surface area contributed by atoms with E-state index in [4.69, 9.17) is 4.74 Å². The van der Waals surface area contributed by atoms with Crippen LogP contribution in [0.1, 0.15) is 47.2 Å². The average molecular weight is 434 g/mol. The van der Waals surface area contributed by atoms with Crippen molar-refractivity contribution in [2.24, 2.45) is 0 Å². The summed E-state index contributed by atoms with van der Waals surface area (Å²) >= 11 is 0.253. The van der Waals surface area contributed by atoms with Crippen LogP contribution in [0.2, 0.25) is 0 Å². The van der Waals surface area contributed by atoms with Crippen molar-refractivity contribution < 1.29 is 13.4 Å². The lowest BCUT2D eigenvalue weighted by molar-refractivity contribution is 0.0707. The molecule has 1 amide bonds. The monoisotopic (exact) mass is 433 g/mol. The summed E-state index contributed by atoms with van der Waals surface area (Å²) in [5, 5.41) is 0. The maximum atomic E-state index is 12.7. The Bertz CT molecular complexity index is 1090. The Morgan fingerprint density at radius 2 is 1.77 bits per heavy atom. The molecule has 1 heterocycles. The molecule has 0 bridgehead atoms. The SMILES string of the molecule is O=C1c2ccc(OCc3cccc(-c4ccc(SF)cc4)c3)cc2CN1C1CCCC1. The molecule has 5 heteroatoms. The number of fused-ring (bicyclic) bond motifs is 1. The molecule has 0 radical (unpaired) electrons. The molecule has 0 N–H and O–H groups in total. The van der Waals surface area contributed by atoms with Crippen LogP contribution in [0.3, 0.4) is 0 Å². The van der Waals surface area contributed by atoms with Gasteiger partial charge in [-0.15, -0.1) is 0 Å². The molecule has 2 aliphatic rings. The van der Waals surface area contributed by atoms with Crippen LogP contribution in [0, 0.1) is 0 Å². The number of carbonyl (C=O) groups is 1. The van der Waals surface area contributed by atoms with Gasteiger partial charge in [-0.05, 0) is 71.5 Å². The molecule has 0 aromatic heterocycles. The van der Waals surface area contributed by atoms with Crippen molar-refractivity contribution in [3.63, 3.8) is 0 Å². The molecule has 158 valence electrons. The van der Waals surface area contributed by atoms with E-state index >= 15 is 0 Å². The van der Waals surface area contributed by atoms with Crippen molar-refractivity contribution in [1.82, 2.24) is 4.90 Å². The lowest BCUT2D eigenvalue weighted by Gasteiger charge is -2.23. The highest BCUT2D eigenvalue weighted by Crippen LogP contribution is 2.33. The first-order valence-electron chi connectivity index (χ1n) is 10.8. The van der Waals surface area contributed by atoms with Crippen molar-refractivity contribution in [1.29, 1.82) is 0 Å². The van der Waals surface area contributed by atoms with E-state index in [1.54, 1.807) is 12.1 Å². The predicted octanol–water partition coefficient (Wildman–Crippen LogP) is 6.81. The fourth-order valence-corrected chi connectivity index (χ4v) is 4.87. The van der Waals surface area contributed by atoms with Gasteiger partial charge >= 0.3 is 0 Å². The third kappa shape index (κ3) is 4.19. The maximum Gasteiger partial charge on any atom is 0.254 e. The molecule has 3 aromatic carbocycles. The summed E-state index contributed by atoms with van der Waals surface area (Å²) in [4.78, 5) is 15.4. The Kier molecular flexibility index (Phi) is 5.68. The Labute approximate surface area is 186 Å². The first kappa shape index (κ1) is 20.1. The molecule has 1 aliphatic carbocycles. The van der Waals surface area contributed by atoms with Crippen molar-refractivity contribution >= 4 is 18.1 Å². The highest BCUT2D eigenvalue weighted by molar-refractivity contribution is 7.94. The molecule has 1 saturated carbocycles. The Morgan fingerprint density at radius 1 is 0.968 bits per heavy atom. The number of amides is 1. The number of benzene rings is 3. The lowest BCUT2D eigenvalue weighted by atomic mass is 10.0. The molecular formula is C26H24FNO2S. The predicted molar refractivity (Wildman–Crippen MR) is 122 cm³/mol. The standard InChI is InChI=1S/C26H24FNO2S/c27-31-24-11-8-19(9-12-24)20-5-3-4-18(14-20)17-30-23-10-13-25-21(15-23)16-28(26(25)29)22-6-1-2-7-22/h3-5,8-15,22H,1-2,6-7,16-17H2. The molecule has 5 rings (SSSR count). The fourth-order valence-electron chi connectivity index (χ4n) is 4.63. The summed E-state index contributed by atoms with van der Waals surface area (Å²) in [5.74, 6) is 0.952. The van der Waals surface area contributed by atoms with Crippen LogP contribution in [0.4, 0.5) is 3.89 Å². The third-order valence-electron chi connectivity index (χ3n) is 6.28. The number of hydrogen-bond acceptors (Lipinski definition) is 3. The first-order chi connectivity index (χ1) is 15.2. The Morgan fingerprint density at radius 3 is 2.55 bits per heavy atom. The summed E-state index contributed by atoms with van der Waals surface area (Å²) < 4.78 is 18.7. The number of nitrogens with zero attached hydrogens (tertiary/aromatic N) is 1. The van der Waals surface area contributed by atoms with Gasteiger partial charge in [0.25, 0.3) is 5.91 Å². The van der Waals surface area contributed by atoms with Gasteiger partial charge in [0.05, 0.1) is 12.1 Å². The summed E-state index contributed by atoms with van der Waals surface area (Å²) in [6, 6.07) is 21.8. The van der Waals surface area contributed by atoms with E-state index in [0.29, 0.717) is 24.1 Å². The summed E-state index contributed by atoms with van der Waals surface area (Å²) in [6.45, 7) is 1.14. The van der Waals surface area contributed by atoms with Crippen LogP contribution in [0.15, 0.2) is 71.6 Å². The van der Waals surface area contributed by atoms with Gasteiger partial charge < -0.3 is 9.64 Å². The van der Waals surface area contributed by atoms with Crippen molar-refractivity contribution in [2.75, 3.05) is 0 Å². The molecule has 3 aromatic rings. The zero-order chi connectivity index (χ0) is 21.2. The van der Waals surface area contributed by atoms with Gasteiger partial charge in [-0.1, -0.05) is 43.2 Å². The van der Waals surface area contributed by atoms with Crippen molar-refractivity contribution in [2.45, 2.75) is 49.8 Å². The molecular weight excluding hydrogens is 409 g/mol. The van der Waals surface area contributed by atoms with Gasteiger partial charge in [-0.2, -0.15) is 3.89 Å². The molecule has 0 saturated heterocycles. The van der Waals surface area contributed by atoms with Crippen LogP contribution in [-0.4, -0.2) is 16.8 Å². The number of ether oxygens (including phenoxy) is 1. The van der Waals surface area contributed by atoms with E-state index in [9.17, 15) is 8.68 Å². The third-order valence-corrected chi connectivity index (χ3v) is 6.73. The number of halogens is 1. The highest BCUT2D eigenvalue weighted by Gasteiger charge is 2.34. The average Bonchev–Trinajstić information content (AvgIpc) is 3.46. The van der Waals surface area contributed by atoms with E-state index in [2.05, 4.69) is 6.07 Å². The Balaban J connectivity index is 1.27. The van der Waals surface area contributed by atoms with Crippen LogP contribution < -0.4 is 4.74 Å². The minimum absolute atomic E-state index is 0.165. The fraction of sp³-hybridized carbons (Fsp3) is 0.269. The normalized spacial score (nSPS) is 16.0. The second kappa shape index (κ2) is 8.75. The quantitative estimate of drug-likeness (QED) is 0.428.